The second kappa shape index (κ2) is 11.4. The Balaban J connectivity index is 1.71. The SMILES string of the molecule is CCCCS(=O)(=O)C(Nc1ccc2c(c1)CCCN2C(=O)CCc1ccc(C(=N)N)cc1)C(=O)O. The Morgan fingerprint density at radius 3 is 2.54 bits per heavy atom. The van der Waals surface area contributed by atoms with E-state index in [0.717, 1.165) is 23.2 Å². The topological polar surface area (TPSA) is 154 Å². The van der Waals surface area contributed by atoms with Crippen LogP contribution in [0, 0.1) is 5.41 Å². The summed E-state index contributed by atoms with van der Waals surface area (Å²) in [6.07, 6.45) is 3.38. The Labute approximate surface area is 205 Å². The molecular weight excluding hydrogens is 468 g/mol. The van der Waals surface area contributed by atoms with E-state index in [4.69, 9.17) is 11.1 Å². The lowest BCUT2D eigenvalue weighted by molar-refractivity contribution is -0.136. The van der Waals surface area contributed by atoms with Crippen molar-refractivity contribution in [2.24, 2.45) is 5.73 Å². The Hall–Kier alpha value is -3.40. The number of aryl methyl sites for hydroxylation is 2. The maximum Gasteiger partial charge on any atom is 0.342 e. The maximum atomic E-state index is 13.0. The lowest BCUT2D eigenvalue weighted by atomic mass is 9.99. The molecule has 3 rings (SSSR count). The number of unbranched alkanes of at least 4 members (excludes halogenated alkanes) is 1. The van der Waals surface area contributed by atoms with Crippen LogP contribution in [0.15, 0.2) is 42.5 Å². The van der Waals surface area contributed by atoms with E-state index in [0.29, 0.717) is 49.9 Å². The first-order valence-electron chi connectivity index (χ1n) is 11.7. The van der Waals surface area contributed by atoms with Gasteiger partial charge >= 0.3 is 5.97 Å². The first-order valence-corrected chi connectivity index (χ1v) is 13.4. The monoisotopic (exact) mass is 500 g/mol. The van der Waals surface area contributed by atoms with Gasteiger partial charge in [-0.1, -0.05) is 37.6 Å². The molecule has 1 atom stereocenters. The number of carboxylic acids is 1. The van der Waals surface area contributed by atoms with Crippen molar-refractivity contribution in [3.05, 3.63) is 59.2 Å². The molecule has 0 saturated heterocycles. The van der Waals surface area contributed by atoms with Crippen molar-refractivity contribution >= 4 is 38.9 Å². The van der Waals surface area contributed by atoms with Crippen molar-refractivity contribution in [3.8, 4) is 0 Å². The van der Waals surface area contributed by atoms with Crippen molar-refractivity contribution < 1.29 is 23.1 Å². The number of nitrogens with zero attached hydrogens (tertiary/aromatic N) is 1. The molecule has 10 heteroatoms. The number of aliphatic carboxylic acids is 1. The van der Waals surface area contributed by atoms with Gasteiger partial charge in [0.1, 0.15) is 5.84 Å². The van der Waals surface area contributed by atoms with Gasteiger partial charge in [0.2, 0.25) is 11.3 Å². The molecule has 0 saturated carbocycles. The van der Waals surface area contributed by atoms with Crippen LogP contribution in [0.4, 0.5) is 11.4 Å². The number of carbonyl (C=O) groups excluding carboxylic acids is 1. The van der Waals surface area contributed by atoms with Crippen LogP contribution in [-0.2, 0) is 32.3 Å². The van der Waals surface area contributed by atoms with E-state index < -0.39 is 21.2 Å². The Morgan fingerprint density at radius 1 is 1.20 bits per heavy atom. The number of nitrogen functional groups attached to an aromatic ring is 1. The summed E-state index contributed by atoms with van der Waals surface area (Å²) in [5.41, 5.74) is 9.13. The number of fused-ring (bicyclic) bond motifs is 1. The molecule has 1 amide bonds. The second-order valence-corrected chi connectivity index (χ2v) is 10.9. The summed E-state index contributed by atoms with van der Waals surface area (Å²) >= 11 is 0. The summed E-state index contributed by atoms with van der Waals surface area (Å²) in [4.78, 5) is 26.4. The number of hydrogen-bond donors (Lipinski definition) is 4. The van der Waals surface area contributed by atoms with E-state index in [1.165, 1.54) is 0 Å². The number of rotatable bonds is 11. The number of anilines is 2. The van der Waals surface area contributed by atoms with Crippen LogP contribution in [0.3, 0.4) is 0 Å². The smallest absolute Gasteiger partial charge is 0.342 e. The van der Waals surface area contributed by atoms with Gasteiger partial charge in [-0.25, -0.2) is 13.2 Å². The third-order valence-electron chi connectivity index (χ3n) is 6.06. The minimum Gasteiger partial charge on any atom is -0.479 e. The molecule has 35 heavy (non-hydrogen) atoms. The number of carboxylic acid groups (broad SMARTS) is 1. The minimum atomic E-state index is -3.86. The van der Waals surface area contributed by atoms with E-state index in [9.17, 15) is 23.1 Å². The highest BCUT2D eigenvalue weighted by Crippen LogP contribution is 2.31. The van der Waals surface area contributed by atoms with E-state index in [2.05, 4.69) is 5.32 Å². The quantitative estimate of drug-likeness (QED) is 0.273. The third kappa shape index (κ3) is 6.60. The van der Waals surface area contributed by atoms with E-state index >= 15 is 0 Å². The highest BCUT2D eigenvalue weighted by Gasteiger charge is 2.32. The summed E-state index contributed by atoms with van der Waals surface area (Å²) in [5.74, 6) is -1.66. The van der Waals surface area contributed by atoms with Crippen LogP contribution in [0.1, 0.15) is 49.3 Å². The Kier molecular flexibility index (Phi) is 8.50. The van der Waals surface area contributed by atoms with Gasteiger partial charge in [-0.05, 0) is 55.0 Å². The standard InChI is InChI=1S/C25H32N4O5S/c1-2-3-15-35(33,34)24(25(31)32)28-20-11-12-21-19(16-20)5-4-14-29(21)22(30)13-8-17-6-9-18(10-7-17)23(26)27/h6-7,9-12,16,24,28H,2-5,8,13-15H2,1H3,(H3,26,27)(H,31,32). The molecule has 188 valence electrons. The van der Waals surface area contributed by atoms with Crippen LogP contribution in [-0.4, -0.2) is 48.9 Å². The van der Waals surface area contributed by atoms with E-state index in [1.54, 1.807) is 35.2 Å². The van der Waals surface area contributed by atoms with E-state index in [-0.39, 0.29) is 17.5 Å². The lowest BCUT2D eigenvalue weighted by Crippen LogP contribution is -2.39. The predicted octanol–water partition coefficient (Wildman–Crippen LogP) is 2.92. The zero-order chi connectivity index (χ0) is 25.6. The van der Waals surface area contributed by atoms with Crippen molar-refractivity contribution in [3.63, 3.8) is 0 Å². The summed E-state index contributed by atoms with van der Waals surface area (Å²) in [5, 5.41) is 17.9. The maximum absolute atomic E-state index is 13.0. The van der Waals surface area contributed by atoms with Gasteiger partial charge < -0.3 is 21.1 Å². The number of amides is 1. The largest absolute Gasteiger partial charge is 0.479 e. The molecule has 1 aliphatic rings. The normalized spacial score (nSPS) is 14.1. The Morgan fingerprint density at radius 2 is 1.91 bits per heavy atom. The molecule has 1 heterocycles. The number of benzene rings is 2. The number of sulfone groups is 1. The van der Waals surface area contributed by atoms with Crippen molar-refractivity contribution in [2.75, 3.05) is 22.5 Å². The highest BCUT2D eigenvalue weighted by molar-refractivity contribution is 7.92. The molecule has 0 spiro atoms. The van der Waals surface area contributed by atoms with E-state index in [1.807, 2.05) is 19.1 Å². The molecule has 2 aromatic carbocycles. The number of hydrogen-bond acceptors (Lipinski definition) is 6. The summed E-state index contributed by atoms with van der Waals surface area (Å²) in [7, 11) is -3.86. The number of nitrogens with two attached hydrogens (primary N) is 1. The van der Waals surface area contributed by atoms with Crippen LogP contribution in [0.2, 0.25) is 0 Å². The molecule has 0 bridgehead atoms. The summed E-state index contributed by atoms with van der Waals surface area (Å²) in [6, 6.07) is 12.4. The third-order valence-corrected chi connectivity index (χ3v) is 7.95. The first-order chi connectivity index (χ1) is 16.6. The molecule has 5 N–H and O–H groups in total. The fourth-order valence-electron chi connectivity index (χ4n) is 4.10. The van der Waals surface area contributed by atoms with Crippen molar-refractivity contribution in [2.45, 2.75) is 50.8 Å². The highest BCUT2D eigenvalue weighted by atomic mass is 32.2. The molecule has 0 fully saturated rings. The van der Waals surface area contributed by atoms with Gasteiger partial charge in [-0.3, -0.25) is 10.2 Å². The zero-order valence-corrected chi connectivity index (χ0v) is 20.6. The van der Waals surface area contributed by atoms with Crippen LogP contribution >= 0.6 is 0 Å². The fourth-order valence-corrected chi connectivity index (χ4v) is 5.65. The number of nitrogens with one attached hydrogen (secondary N) is 2. The minimum absolute atomic E-state index is 0.000330. The first kappa shape index (κ1) is 26.2. The van der Waals surface area contributed by atoms with Gasteiger partial charge in [0.25, 0.3) is 0 Å². The molecule has 1 aliphatic heterocycles. The van der Waals surface area contributed by atoms with Crippen molar-refractivity contribution in [1.29, 1.82) is 5.41 Å². The molecule has 2 aromatic rings. The molecule has 0 radical (unpaired) electrons. The number of amidine groups is 1. The van der Waals surface area contributed by atoms with Crippen LogP contribution < -0.4 is 16.0 Å². The van der Waals surface area contributed by atoms with Gasteiger partial charge in [-0.2, -0.15) is 0 Å². The van der Waals surface area contributed by atoms with Crippen LogP contribution in [0.25, 0.3) is 0 Å². The second-order valence-electron chi connectivity index (χ2n) is 8.69. The fraction of sp³-hybridized carbons (Fsp3) is 0.400. The van der Waals surface area contributed by atoms with Crippen molar-refractivity contribution in [1.82, 2.24) is 0 Å². The van der Waals surface area contributed by atoms with Gasteiger partial charge in [0, 0.05) is 29.9 Å². The van der Waals surface area contributed by atoms with Crippen LogP contribution in [0.5, 0.6) is 0 Å². The molecule has 0 aromatic heterocycles. The van der Waals surface area contributed by atoms with Gasteiger partial charge in [0.05, 0.1) is 5.75 Å². The molecular formula is C25H32N4O5S. The number of carbonyl (C=O) groups is 2. The molecule has 0 aliphatic carbocycles. The average molecular weight is 501 g/mol. The molecule has 1 unspecified atom stereocenters. The van der Waals surface area contributed by atoms with Gasteiger partial charge in [0.15, 0.2) is 9.84 Å². The average Bonchev–Trinajstić information content (AvgIpc) is 2.84. The molecule has 9 nitrogen and oxygen atoms in total. The summed E-state index contributed by atoms with van der Waals surface area (Å²) in [6.45, 7) is 2.43. The van der Waals surface area contributed by atoms with Gasteiger partial charge in [-0.15, -0.1) is 0 Å². The Bertz CT molecular complexity index is 1190. The summed E-state index contributed by atoms with van der Waals surface area (Å²) < 4.78 is 25.0. The lowest BCUT2D eigenvalue weighted by Gasteiger charge is -2.30. The predicted molar refractivity (Wildman–Crippen MR) is 137 cm³/mol. The zero-order valence-electron chi connectivity index (χ0n) is 19.8.